The Morgan fingerprint density at radius 3 is 2.81 bits per heavy atom. The van der Waals surface area contributed by atoms with Gasteiger partial charge in [-0.05, 0) is 62.5 Å². The summed E-state index contributed by atoms with van der Waals surface area (Å²) in [5.74, 6) is 1.71. The first kappa shape index (κ1) is 17.0. The zero-order valence-corrected chi connectivity index (χ0v) is 15.5. The molecule has 1 N–H and O–H groups in total. The molecule has 0 spiro atoms. The molecule has 26 heavy (non-hydrogen) atoms. The van der Waals surface area contributed by atoms with Crippen LogP contribution >= 0.6 is 0 Å². The second-order valence-electron chi connectivity index (χ2n) is 7.32. The van der Waals surface area contributed by atoms with Gasteiger partial charge in [0.15, 0.2) is 5.82 Å². The van der Waals surface area contributed by atoms with Crippen LogP contribution in [0.2, 0.25) is 0 Å². The molecule has 4 heterocycles. The van der Waals surface area contributed by atoms with E-state index in [-0.39, 0.29) is 6.04 Å². The number of likely N-dealkylation sites (tertiary alicyclic amines) is 1. The maximum atomic E-state index is 4.52. The largest absolute Gasteiger partial charge is 0.360 e. The number of rotatable bonds is 5. The molecule has 0 aliphatic carbocycles. The molecule has 0 aromatic carbocycles. The van der Waals surface area contributed by atoms with Gasteiger partial charge in [-0.3, -0.25) is 9.88 Å². The van der Waals surface area contributed by atoms with Crippen LogP contribution < -0.4 is 5.32 Å². The van der Waals surface area contributed by atoms with E-state index < -0.39 is 0 Å². The van der Waals surface area contributed by atoms with Crippen molar-refractivity contribution in [2.24, 2.45) is 5.92 Å². The summed E-state index contributed by atoms with van der Waals surface area (Å²) in [7, 11) is 0. The van der Waals surface area contributed by atoms with Gasteiger partial charge in [0.1, 0.15) is 11.8 Å². The molecule has 1 aliphatic heterocycles. The van der Waals surface area contributed by atoms with Gasteiger partial charge >= 0.3 is 0 Å². The fourth-order valence-electron chi connectivity index (χ4n) is 3.62. The Morgan fingerprint density at radius 2 is 2.04 bits per heavy atom. The lowest BCUT2D eigenvalue weighted by Gasteiger charge is -2.30. The van der Waals surface area contributed by atoms with Crippen LogP contribution in [0.1, 0.15) is 44.0 Å². The number of piperidine rings is 1. The highest BCUT2D eigenvalue weighted by Gasteiger charge is 2.19. The van der Waals surface area contributed by atoms with Crippen molar-refractivity contribution in [2.45, 2.75) is 39.3 Å². The van der Waals surface area contributed by atoms with E-state index in [2.05, 4.69) is 45.2 Å². The summed E-state index contributed by atoms with van der Waals surface area (Å²) < 4.78 is 1.92. The molecule has 0 bridgehead atoms. The Kier molecular flexibility index (Phi) is 4.84. The molecule has 6 nitrogen and oxygen atoms in total. The molecular formula is C20H26N6. The number of fused-ring (bicyclic) bond motifs is 1. The molecule has 1 fully saturated rings. The monoisotopic (exact) mass is 350 g/mol. The Balaban J connectivity index is 1.58. The van der Waals surface area contributed by atoms with Crippen LogP contribution in [-0.4, -0.2) is 37.6 Å². The zero-order valence-electron chi connectivity index (χ0n) is 15.5. The molecule has 4 rings (SSSR count). The first-order valence-electron chi connectivity index (χ1n) is 9.42. The highest BCUT2D eigenvalue weighted by atomic mass is 15.3. The molecule has 1 unspecified atom stereocenters. The normalized spacial score (nSPS) is 17.5. The van der Waals surface area contributed by atoms with E-state index in [1.165, 1.54) is 31.5 Å². The predicted molar refractivity (Wildman–Crippen MR) is 103 cm³/mol. The summed E-state index contributed by atoms with van der Waals surface area (Å²) in [4.78, 5) is 11.5. The van der Waals surface area contributed by atoms with Crippen LogP contribution in [-0.2, 0) is 6.54 Å². The quantitative estimate of drug-likeness (QED) is 0.763. The minimum atomic E-state index is 0.0773. The molecule has 3 aromatic rings. The highest BCUT2D eigenvalue weighted by Crippen LogP contribution is 2.25. The summed E-state index contributed by atoms with van der Waals surface area (Å²) >= 11 is 0. The number of aromatic nitrogens is 4. The van der Waals surface area contributed by atoms with E-state index in [9.17, 15) is 0 Å². The van der Waals surface area contributed by atoms with Crippen molar-refractivity contribution < 1.29 is 0 Å². The lowest BCUT2D eigenvalue weighted by Crippen LogP contribution is -2.32. The third-order valence-corrected chi connectivity index (χ3v) is 5.29. The molecule has 1 atom stereocenters. The number of pyridine rings is 1. The van der Waals surface area contributed by atoms with E-state index in [1.807, 2.05) is 35.1 Å². The van der Waals surface area contributed by atoms with Crippen molar-refractivity contribution in [3.63, 3.8) is 0 Å². The maximum absolute atomic E-state index is 4.52. The van der Waals surface area contributed by atoms with Gasteiger partial charge in [-0.25, -0.2) is 9.50 Å². The smallest absolute Gasteiger partial charge is 0.154 e. The SMILES string of the molecule is CC1CCN(Cc2ccn3ncnc(NC(C)c4ccccn4)c23)CC1. The van der Waals surface area contributed by atoms with E-state index >= 15 is 0 Å². The number of anilines is 1. The van der Waals surface area contributed by atoms with Gasteiger partial charge in [0.05, 0.1) is 11.7 Å². The standard InChI is InChI=1S/C20H26N6/c1-15-6-10-25(11-7-15)13-17-8-12-26-19(17)20(22-14-23-26)24-16(2)18-5-3-4-9-21-18/h3-5,8-9,12,14-16H,6-7,10-11,13H2,1-2H3,(H,22,23,24). The fraction of sp³-hybridized carbons (Fsp3) is 0.450. The van der Waals surface area contributed by atoms with Gasteiger partial charge in [0.2, 0.25) is 0 Å². The number of hydrogen-bond donors (Lipinski definition) is 1. The molecule has 136 valence electrons. The molecule has 3 aromatic heterocycles. The molecular weight excluding hydrogens is 324 g/mol. The number of hydrogen-bond acceptors (Lipinski definition) is 5. The number of nitrogens with zero attached hydrogens (tertiary/aromatic N) is 5. The molecule has 0 amide bonds. The third-order valence-electron chi connectivity index (χ3n) is 5.29. The fourth-order valence-corrected chi connectivity index (χ4v) is 3.62. The Hall–Kier alpha value is -2.47. The minimum absolute atomic E-state index is 0.0773. The third kappa shape index (κ3) is 3.55. The van der Waals surface area contributed by atoms with Crippen molar-refractivity contribution >= 4 is 11.3 Å². The Morgan fingerprint density at radius 1 is 1.19 bits per heavy atom. The molecule has 1 saturated heterocycles. The van der Waals surface area contributed by atoms with Crippen LogP contribution in [0.25, 0.3) is 5.52 Å². The van der Waals surface area contributed by atoms with E-state index in [1.54, 1.807) is 6.33 Å². The average molecular weight is 350 g/mol. The van der Waals surface area contributed by atoms with Gasteiger partial charge in [-0.2, -0.15) is 5.10 Å². The van der Waals surface area contributed by atoms with Crippen molar-refractivity contribution in [1.29, 1.82) is 0 Å². The van der Waals surface area contributed by atoms with Crippen LogP contribution in [0, 0.1) is 5.92 Å². The summed E-state index contributed by atoms with van der Waals surface area (Å²) in [6.45, 7) is 7.73. The first-order chi connectivity index (χ1) is 12.7. The van der Waals surface area contributed by atoms with E-state index in [4.69, 9.17) is 0 Å². The first-order valence-corrected chi connectivity index (χ1v) is 9.42. The van der Waals surface area contributed by atoms with Crippen LogP contribution in [0.3, 0.4) is 0 Å². The van der Waals surface area contributed by atoms with Crippen LogP contribution in [0.4, 0.5) is 5.82 Å². The second-order valence-corrected chi connectivity index (χ2v) is 7.32. The minimum Gasteiger partial charge on any atom is -0.360 e. The summed E-state index contributed by atoms with van der Waals surface area (Å²) in [5, 5.41) is 7.90. The number of nitrogens with one attached hydrogen (secondary N) is 1. The molecule has 6 heteroatoms. The van der Waals surface area contributed by atoms with Gasteiger partial charge in [-0.15, -0.1) is 0 Å². The van der Waals surface area contributed by atoms with Gasteiger partial charge in [0, 0.05) is 18.9 Å². The lowest BCUT2D eigenvalue weighted by atomic mass is 9.99. The molecule has 0 saturated carbocycles. The summed E-state index contributed by atoms with van der Waals surface area (Å²) in [5.41, 5.74) is 3.34. The molecule has 1 aliphatic rings. The maximum Gasteiger partial charge on any atom is 0.154 e. The summed E-state index contributed by atoms with van der Waals surface area (Å²) in [6.07, 6.45) is 8.01. The van der Waals surface area contributed by atoms with Crippen molar-refractivity contribution in [1.82, 2.24) is 24.5 Å². The van der Waals surface area contributed by atoms with Crippen molar-refractivity contribution in [2.75, 3.05) is 18.4 Å². The van der Waals surface area contributed by atoms with Crippen molar-refractivity contribution in [3.05, 3.63) is 54.2 Å². The molecule has 0 radical (unpaired) electrons. The van der Waals surface area contributed by atoms with E-state index in [0.29, 0.717) is 0 Å². The summed E-state index contributed by atoms with van der Waals surface area (Å²) in [6, 6.07) is 8.22. The topological polar surface area (TPSA) is 58.4 Å². The lowest BCUT2D eigenvalue weighted by molar-refractivity contribution is 0.186. The highest BCUT2D eigenvalue weighted by molar-refractivity contribution is 5.72. The van der Waals surface area contributed by atoms with Gasteiger partial charge in [-0.1, -0.05) is 13.0 Å². The predicted octanol–water partition coefficient (Wildman–Crippen LogP) is 3.53. The van der Waals surface area contributed by atoms with Gasteiger partial charge < -0.3 is 5.32 Å². The Bertz CT molecular complexity index is 851. The zero-order chi connectivity index (χ0) is 17.9. The second kappa shape index (κ2) is 7.41. The van der Waals surface area contributed by atoms with Gasteiger partial charge in [0.25, 0.3) is 0 Å². The van der Waals surface area contributed by atoms with E-state index in [0.717, 1.165) is 29.5 Å². The average Bonchev–Trinajstić information content (AvgIpc) is 3.08. The van der Waals surface area contributed by atoms with Crippen molar-refractivity contribution in [3.8, 4) is 0 Å². The Labute approximate surface area is 154 Å². The van der Waals surface area contributed by atoms with Crippen LogP contribution in [0.15, 0.2) is 43.0 Å². The van der Waals surface area contributed by atoms with Crippen LogP contribution in [0.5, 0.6) is 0 Å².